The predicted molar refractivity (Wildman–Crippen MR) is 118 cm³/mol. The summed E-state index contributed by atoms with van der Waals surface area (Å²) in [6.45, 7) is 1.86. The number of hydrogen-bond acceptors (Lipinski definition) is 5. The number of nitrogens with two attached hydrogens (primary N) is 1. The maximum atomic E-state index is 12.0. The van der Waals surface area contributed by atoms with Gasteiger partial charge in [0.1, 0.15) is 6.33 Å². The summed E-state index contributed by atoms with van der Waals surface area (Å²) < 4.78 is 3.74. The largest absolute Gasteiger partial charge is 0.366 e. The van der Waals surface area contributed by atoms with Crippen molar-refractivity contribution in [3.8, 4) is 28.1 Å². The minimum atomic E-state index is -0.513. The van der Waals surface area contributed by atoms with Gasteiger partial charge in [-0.15, -0.1) is 0 Å². The van der Waals surface area contributed by atoms with Gasteiger partial charge in [0.15, 0.2) is 0 Å². The molecule has 3 heterocycles. The zero-order valence-corrected chi connectivity index (χ0v) is 17.0. The lowest BCUT2D eigenvalue weighted by molar-refractivity contribution is 0.100. The van der Waals surface area contributed by atoms with E-state index in [9.17, 15) is 4.79 Å². The fourth-order valence-electron chi connectivity index (χ4n) is 3.61. The highest BCUT2D eigenvalue weighted by Crippen LogP contribution is 2.28. The van der Waals surface area contributed by atoms with Crippen molar-refractivity contribution in [3.63, 3.8) is 0 Å². The van der Waals surface area contributed by atoms with Crippen LogP contribution in [0.2, 0.25) is 0 Å². The van der Waals surface area contributed by atoms with Crippen LogP contribution in [0.4, 0.5) is 0 Å². The Morgan fingerprint density at radius 2 is 1.84 bits per heavy atom. The molecule has 2 aromatic carbocycles. The van der Waals surface area contributed by atoms with Crippen LogP contribution < -0.4 is 5.73 Å². The molecule has 0 fully saturated rings. The molecular weight excluding hydrogens is 390 g/mol. The molecule has 152 valence electrons. The molecule has 0 aliphatic rings. The standard InChI is InChI=1S/C23H19N7O/c1-14-9-26-21(11-25-14)19-8-17(4-5-18(19)23(24)31)30-13-27-20-7-15(3-6-22(20)30)16-10-28-29(2)12-16/h3-13H,1-2H3,(H2,24,31). The number of benzene rings is 2. The second-order valence-electron chi connectivity index (χ2n) is 7.36. The van der Waals surface area contributed by atoms with Crippen molar-refractivity contribution in [1.82, 2.24) is 29.3 Å². The van der Waals surface area contributed by atoms with E-state index in [2.05, 4.69) is 20.1 Å². The molecule has 2 N–H and O–H groups in total. The number of amides is 1. The van der Waals surface area contributed by atoms with Crippen LogP contribution in [0.1, 0.15) is 16.1 Å². The van der Waals surface area contributed by atoms with Crippen molar-refractivity contribution in [2.75, 3.05) is 0 Å². The molecule has 5 rings (SSSR count). The van der Waals surface area contributed by atoms with Gasteiger partial charge in [-0.05, 0) is 42.8 Å². The van der Waals surface area contributed by atoms with Crippen molar-refractivity contribution >= 4 is 16.9 Å². The number of imidazole rings is 1. The Hall–Kier alpha value is -4.33. The number of carbonyl (C=O) groups excluding carboxylic acids is 1. The monoisotopic (exact) mass is 409 g/mol. The summed E-state index contributed by atoms with van der Waals surface area (Å²) in [5.74, 6) is -0.513. The minimum absolute atomic E-state index is 0.394. The Morgan fingerprint density at radius 3 is 2.55 bits per heavy atom. The molecule has 0 spiro atoms. The van der Waals surface area contributed by atoms with Gasteiger partial charge in [-0.2, -0.15) is 5.10 Å². The van der Waals surface area contributed by atoms with Crippen LogP contribution in [0.15, 0.2) is 67.5 Å². The molecule has 0 saturated carbocycles. The quantitative estimate of drug-likeness (QED) is 0.490. The van der Waals surface area contributed by atoms with Crippen LogP contribution in [0.3, 0.4) is 0 Å². The van der Waals surface area contributed by atoms with Gasteiger partial charge in [0.25, 0.3) is 0 Å². The molecule has 8 nitrogen and oxygen atoms in total. The number of aromatic nitrogens is 6. The second kappa shape index (κ2) is 7.17. The van der Waals surface area contributed by atoms with E-state index in [-0.39, 0.29) is 0 Å². The van der Waals surface area contributed by atoms with Crippen LogP contribution >= 0.6 is 0 Å². The third-order valence-corrected chi connectivity index (χ3v) is 5.19. The van der Waals surface area contributed by atoms with Gasteiger partial charge in [0, 0.05) is 41.8 Å². The third-order valence-electron chi connectivity index (χ3n) is 5.19. The molecule has 0 aliphatic heterocycles. The van der Waals surface area contributed by atoms with Gasteiger partial charge in [-0.1, -0.05) is 6.07 Å². The van der Waals surface area contributed by atoms with Gasteiger partial charge in [0.05, 0.1) is 34.8 Å². The van der Waals surface area contributed by atoms with Crippen LogP contribution in [-0.2, 0) is 7.05 Å². The molecule has 0 atom stereocenters. The lowest BCUT2D eigenvalue weighted by Crippen LogP contribution is -2.13. The Labute approximate surface area is 178 Å². The summed E-state index contributed by atoms with van der Waals surface area (Å²) in [4.78, 5) is 25.3. The predicted octanol–water partition coefficient (Wildman–Crippen LogP) is 3.29. The number of nitrogens with zero attached hydrogens (tertiary/aromatic N) is 6. The summed E-state index contributed by atoms with van der Waals surface area (Å²) in [5.41, 5.74) is 12.7. The molecule has 1 amide bonds. The maximum Gasteiger partial charge on any atom is 0.249 e. The van der Waals surface area contributed by atoms with E-state index in [0.717, 1.165) is 33.5 Å². The number of fused-ring (bicyclic) bond motifs is 1. The van der Waals surface area contributed by atoms with E-state index >= 15 is 0 Å². The molecule has 0 aliphatic carbocycles. The van der Waals surface area contributed by atoms with Crippen LogP contribution in [0.25, 0.3) is 39.1 Å². The van der Waals surface area contributed by atoms with E-state index in [0.29, 0.717) is 16.8 Å². The molecular formula is C23H19N7O. The lowest BCUT2D eigenvalue weighted by atomic mass is 10.0. The smallest absolute Gasteiger partial charge is 0.249 e. The Morgan fingerprint density at radius 1 is 0.968 bits per heavy atom. The van der Waals surface area contributed by atoms with Gasteiger partial charge >= 0.3 is 0 Å². The van der Waals surface area contributed by atoms with Gasteiger partial charge in [0.2, 0.25) is 5.91 Å². The fraction of sp³-hybridized carbons (Fsp3) is 0.0870. The highest BCUT2D eigenvalue weighted by molar-refractivity contribution is 6.00. The number of hydrogen-bond donors (Lipinski definition) is 1. The molecule has 31 heavy (non-hydrogen) atoms. The number of rotatable bonds is 4. The summed E-state index contributed by atoms with van der Waals surface area (Å²) in [7, 11) is 1.89. The van der Waals surface area contributed by atoms with Gasteiger partial charge < -0.3 is 5.73 Å². The molecule has 0 unspecified atom stereocenters. The number of carbonyl (C=O) groups is 1. The van der Waals surface area contributed by atoms with E-state index in [1.807, 2.05) is 61.3 Å². The highest BCUT2D eigenvalue weighted by atomic mass is 16.1. The molecule has 0 bridgehead atoms. The first kappa shape index (κ1) is 18.7. The minimum Gasteiger partial charge on any atom is -0.366 e. The number of primary amides is 1. The Bertz CT molecular complexity index is 1430. The van der Waals surface area contributed by atoms with Crippen LogP contribution in [-0.4, -0.2) is 35.2 Å². The second-order valence-corrected chi connectivity index (χ2v) is 7.36. The van der Waals surface area contributed by atoms with Gasteiger partial charge in [-0.25, -0.2) is 4.98 Å². The first-order valence-corrected chi connectivity index (χ1v) is 9.69. The number of aryl methyl sites for hydroxylation is 2. The summed E-state index contributed by atoms with van der Waals surface area (Å²) in [6, 6.07) is 11.5. The molecule has 8 heteroatoms. The van der Waals surface area contributed by atoms with Gasteiger partial charge in [-0.3, -0.25) is 24.0 Å². The van der Waals surface area contributed by atoms with Crippen molar-refractivity contribution in [2.45, 2.75) is 6.92 Å². The lowest BCUT2D eigenvalue weighted by Gasteiger charge is -2.11. The van der Waals surface area contributed by atoms with Crippen LogP contribution in [0, 0.1) is 6.92 Å². The maximum absolute atomic E-state index is 12.0. The van der Waals surface area contributed by atoms with Crippen molar-refractivity contribution < 1.29 is 4.79 Å². The van der Waals surface area contributed by atoms with E-state index in [1.54, 1.807) is 29.5 Å². The van der Waals surface area contributed by atoms with Crippen molar-refractivity contribution in [1.29, 1.82) is 0 Å². The average molecular weight is 409 g/mol. The SMILES string of the molecule is Cc1cnc(-c2cc(-n3cnc4cc(-c5cnn(C)c5)ccc43)ccc2C(N)=O)cn1. The van der Waals surface area contributed by atoms with Crippen molar-refractivity contribution in [2.24, 2.45) is 12.8 Å². The molecule has 5 aromatic rings. The summed E-state index contributed by atoms with van der Waals surface area (Å²) in [6.07, 6.45) is 8.87. The summed E-state index contributed by atoms with van der Waals surface area (Å²) in [5, 5.41) is 4.23. The fourth-order valence-corrected chi connectivity index (χ4v) is 3.61. The third kappa shape index (κ3) is 3.33. The first-order chi connectivity index (χ1) is 15.0. The Kier molecular flexibility index (Phi) is 4.32. The molecule has 3 aromatic heterocycles. The van der Waals surface area contributed by atoms with E-state index in [1.165, 1.54) is 0 Å². The van der Waals surface area contributed by atoms with E-state index < -0.39 is 5.91 Å². The van der Waals surface area contributed by atoms with E-state index in [4.69, 9.17) is 5.73 Å². The molecule has 0 radical (unpaired) electrons. The highest BCUT2D eigenvalue weighted by Gasteiger charge is 2.15. The zero-order chi connectivity index (χ0) is 21.5. The topological polar surface area (TPSA) is 105 Å². The Balaban J connectivity index is 1.62. The summed E-state index contributed by atoms with van der Waals surface area (Å²) >= 11 is 0. The molecule has 0 saturated heterocycles. The normalized spacial score (nSPS) is 11.2. The van der Waals surface area contributed by atoms with Crippen LogP contribution in [0.5, 0.6) is 0 Å². The first-order valence-electron chi connectivity index (χ1n) is 9.69. The van der Waals surface area contributed by atoms with Crippen molar-refractivity contribution in [3.05, 3.63) is 78.8 Å². The average Bonchev–Trinajstić information content (AvgIpc) is 3.39. The zero-order valence-electron chi connectivity index (χ0n) is 17.0.